The number of anilines is 1. The van der Waals surface area contributed by atoms with Crippen LogP contribution in [0.2, 0.25) is 0 Å². The molecular weight excluding hydrogens is 388 g/mol. The van der Waals surface area contributed by atoms with Gasteiger partial charge in [-0.15, -0.1) is 5.10 Å². The van der Waals surface area contributed by atoms with Gasteiger partial charge >= 0.3 is 0 Å². The zero-order valence-corrected chi connectivity index (χ0v) is 18.9. The summed E-state index contributed by atoms with van der Waals surface area (Å²) in [5.41, 5.74) is 2.86. The third-order valence-electron chi connectivity index (χ3n) is 6.66. The molecule has 0 aromatic carbocycles. The largest absolute Gasteiger partial charge is 0.396 e. The fourth-order valence-electron chi connectivity index (χ4n) is 4.96. The summed E-state index contributed by atoms with van der Waals surface area (Å²) >= 11 is 0. The maximum absolute atomic E-state index is 9.56. The second-order valence-electron chi connectivity index (χ2n) is 9.37. The molecule has 4 aliphatic rings. The summed E-state index contributed by atoms with van der Waals surface area (Å²) < 4.78 is 7.91. The van der Waals surface area contributed by atoms with Crippen LogP contribution < -0.4 is 4.90 Å². The van der Waals surface area contributed by atoms with Crippen LogP contribution in [0.25, 0.3) is 5.65 Å². The van der Waals surface area contributed by atoms with Crippen molar-refractivity contribution in [2.75, 3.05) is 31.2 Å². The normalized spacial score (nSPS) is 29.5. The van der Waals surface area contributed by atoms with Crippen molar-refractivity contribution in [1.82, 2.24) is 14.6 Å². The number of fused-ring (bicyclic) bond motifs is 2. The number of aliphatic hydroxyl groups is 1. The Morgan fingerprint density at radius 3 is 2.74 bits per heavy atom. The van der Waals surface area contributed by atoms with E-state index < -0.39 is 0 Å². The molecule has 166 valence electrons. The lowest BCUT2D eigenvalue weighted by Crippen LogP contribution is -2.44. The number of allylic oxidation sites excluding steroid dienone is 5. The Bertz CT molecular complexity index is 1000. The van der Waals surface area contributed by atoms with Gasteiger partial charge in [0.2, 0.25) is 0 Å². The highest BCUT2D eigenvalue weighted by Crippen LogP contribution is 2.62. The number of hydrogen-bond acceptors (Lipinski definition) is 5. The molecular formula is C25H34N4O2. The van der Waals surface area contributed by atoms with Gasteiger partial charge in [-0.05, 0) is 50.7 Å². The summed E-state index contributed by atoms with van der Waals surface area (Å²) in [6, 6.07) is 2.22. The number of rotatable bonds is 5. The molecule has 2 aromatic rings. The molecule has 5 heterocycles. The molecule has 1 N–H and O–H groups in total. The molecule has 3 aliphatic heterocycles. The van der Waals surface area contributed by atoms with Gasteiger partial charge in [0.05, 0.1) is 25.1 Å². The summed E-state index contributed by atoms with van der Waals surface area (Å²) in [5.74, 6) is 1.53. The number of ether oxygens (including phenoxy) is 1. The minimum Gasteiger partial charge on any atom is -0.396 e. The number of aromatic nitrogens is 3. The van der Waals surface area contributed by atoms with Crippen molar-refractivity contribution < 1.29 is 9.84 Å². The Morgan fingerprint density at radius 2 is 2.13 bits per heavy atom. The van der Waals surface area contributed by atoms with Gasteiger partial charge in [-0.3, -0.25) is 0 Å². The molecule has 2 aromatic heterocycles. The van der Waals surface area contributed by atoms with E-state index in [0.29, 0.717) is 6.61 Å². The van der Waals surface area contributed by atoms with E-state index in [0.717, 1.165) is 48.9 Å². The van der Waals surface area contributed by atoms with Crippen molar-refractivity contribution >= 4 is 11.3 Å². The molecule has 31 heavy (non-hydrogen) atoms. The van der Waals surface area contributed by atoms with E-state index in [1.807, 2.05) is 35.7 Å². The quantitative estimate of drug-likeness (QED) is 0.732. The monoisotopic (exact) mass is 422 g/mol. The Morgan fingerprint density at radius 1 is 1.32 bits per heavy atom. The molecule has 1 unspecified atom stereocenters. The molecule has 0 amide bonds. The third-order valence-corrected chi connectivity index (χ3v) is 6.66. The van der Waals surface area contributed by atoms with E-state index in [4.69, 9.17) is 14.8 Å². The Balaban J connectivity index is 0.000000289. The van der Waals surface area contributed by atoms with E-state index >= 15 is 0 Å². The van der Waals surface area contributed by atoms with E-state index in [1.54, 1.807) is 6.08 Å². The molecule has 6 nitrogen and oxygen atoms in total. The van der Waals surface area contributed by atoms with Crippen LogP contribution in [0.5, 0.6) is 0 Å². The molecule has 2 bridgehead atoms. The van der Waals surface area contributed by atoms with Crippen LogP contribution in [0.4, 0.5) is 5.69 Å². The second kappa shape index (κ2) is 8.60. The third kappa shape index (κ3) is 4.06. The van der Waals surface area contributed by atoms with Crippen LogP contribution in [0, 0.1) is 18.3 Å². The van der Waals surface area contributed by atoms with Crippen LogP contribution in [0.1, 0.15) is 44.5 Å². The van der Waals surface area contributed by atoms with E-state index in [1.165, 1.54) is 12.1 Å². The van der Waals surface area contributed by atoms with Gasteiger partial charge in [0.25, 0.3) is 0 Å². The van der Waals surface area contributed by atoms with E-state index in [-0.39, 0.29) is 17.6 Å². The maximum atomic E-state index is 9.56. The number of aryl methyl sites for hydroxylation is 1. The summed E-state index contributed by atoms with van der Waals surface area (Å²) in [5, 5.41) is 14.3. The lowest BCUT2D eigenvalue weighted by Gasteiger charge is -2.41. The van der Waals surface area contributed by atoms with Crippen molar-refractivity contribution in [3.8, 4) is 0 Å². The first-order chi connectivity index (χ1) is 14.9. The summed E-state index contributed by atoms with van der Waals surface area (Å²) in [4.78, 5) is 7.21. The molecule has 1 atom stereocenters. The van der Waals surface area contributed by atoms with Crippen molar-refractivity contribution in [1.29, 1.82) is 0 Å². The first-order valence-electron chi connectivity index (χ1n) is 11.2. The smallest absolute Gasteiger partial charge is 0.183 e. The van der Waals surface area contributed by atoms with Gasteiger partial charge in [0.15, 0.2) is 11.5 Å². The molecule has 6 rings (SSSR count). The predicted molar refractivity (Wildman–Crippen MR) is 124 cm³/mol. The first-order valence-corrected chi connectivity index (χ1v) is 11.2. The van der Waals surface area contributed by atoms with Crippen LogP contribution in [-0.4, -0.2) is 46.0 Å². The van der Waals surface area contributed by atoms with Crippen LogP contribution in [0.3, 0.4) is 0 Å². The minimum atomic E-state index is -0.372. The summed E-state index contributed by atoms with van der Waals surface area (Å²) in [7, 11) is 0. The molecule has 6 heteroatoms. The second-order valence-corrected chi connectivity index (χ2v) is 9.37. The zero-order chi connectivity index (χ0) is 22.1. The number of pyridine rings is 1. The van der Waals surface area contributed by atoms with Gasteiger partial charge < -0.3 is 14.7 Å². The minimum absolute atomic E-state index is 0.0522. The highest BCUT2D eigenvalue weighted by molar-refractivity contribution is 5.57. The van der Waals surface area contributed by atoms with Crippen LogP contribution in [-0.2, 0) is 10.3 Å². The van der Waals surface area contributed by atoms with Crippen LogP contribution >= 0.6 is 0 Å². The molecule has 0 radical (unpaired) electrons. The topological polar surface area (TPSA) is 62.9 Å². The molecule has 1 saturated carbocycles. The van der Waals surface area contributed by atoms with Gasteiger partial charge in [0.1, 0.15) is 5.60 Å². The molecule has 4 fully saturated rings. The first kappa shape index (κ1) is 21.8. The van der Waals surface area contributed by atoms with Crippen LogP contribution in [0.15, 0.2) is 49.2 Å². The number of aliphatic hydroxyl groups excluding tert-OH is 1. The Labute approximate surface area is 184 Å². The molecule has 3 saturated heterocycles. The average molecular weight is 423 g/mol. The lowest BCUT2D eigenvalue weighted by molar-refractivity contribution is -0.0403. The molecule has 0 spiro atoms. The fraction of sp³-hybridized carbons (Fsp3) is 0.520. The van der Waals surface area contributed by atoms with Crippen molar-refractivity contribution in [3.05, 3.63) is 60.6 Å². The predicted octanol–water partition coefficient (Wildman–Crippen LogP) is 4.19. The fourth-order valence-corrected chi connectivity index (χ4v) is 4.96. The zero-order valence-electron chi connectivity index (χ0n) is 18.9. The lowest BCUT2D eigenvalue weighted by atomic mass is 9.62. The maximum Gasteiger partial charge on any atom is 0.183 e. The number of hydrogen-bond donors (Lipinski definition) is 1. The van der Waals surface area contributed by atoms with E-state index in [9.17, 15) is 5.11 Å². The Kier molecular flexibility index (Phi) is 6.04. The Hall–Kier alpha value is -2.44. The van der Waals surface area contributed by atoms with Crippen molar-refractivity contribution in [3.63, 3.8) is 0 Å². The highest BCUT2D eigenvalue weighted by Gasteiger charge is 2.64. The number of nitrogens with zero attached hydrogens (tertiary/aromatic N) is 4. The van der Waals surface area contributed by atoms with Crippen molar-refractivity contribution in [2.24, 2.45) is 11.3 Å². The SMILES string of the molecule is C=C/C=C\C=C/C.Cc1cc(N2CCC(C)C2)cn2nc(C34CC(CO)(CO3)C4)nc12. The van der Waals surface area contributed by atoms with Crippen molar-refractivity contribution in [2.45, 2.75) is 45.6 Å². The standard InChI is InChI=1S/C18H24N4O2.C7H10/c1-12-3-4-21(6-12)14-5-13(2)15-19-16(20-22(15)7-14)18-8-17(9-18,10-23)11-24-18;1-3-5-7-6-4-2/h5,7,12,23H,3-4,6,8-11H2,1-2H3;3-7H,1H2,2H3/b;6-4-,7-5-. The summed E-state index contributed by atoms with van der Waals surface area (Å²) in [6.45, 7) is 12.9. The molecule has 1 aliphatic carbocycles. The van der Waals surface area contributed by atoms with Gasteiger partial charge in [-0.1, -0.05) is 43.9 Å². The van der Waals surface area contributed by atoms with Gasteiger partial charge in [0, 0.05) is 18.5 Å². The summed E-state index contributed by atoms with van der Waals surface area (Å²) in [6.07, 6.45) is 14.5. The van der Waals surface area contributed by atoms with E-state index in [2.05, 4.69) is 37.6 Å². The van der Waals surface area contributed by atoms with Gasteiger partial charge in [-0.2, -0.15) is 0 Å². The van der Waals surface area contributed by atoms with Gasteiger partial charge in [-0.25, -0.2) is 9.50 Å². The highest BCUT2D eigenvalue weighted by atomic mass is 16.5. The average Bonchev–Trinajstić information content (AvgIpc) is 3.50.